The quantitative estimate of drug-likeness (QED) is 0.633. The zero-order valence-electron chi connectivity index (χ0n) is 16.2. The Morgan fingerprint density at radius 3 is 2.21 bits per heavy atom. The normalized spacial score (nSPS) is 35.6. The largest absolute Gasteiger partial charge is 0.454 e. The van der Waals surface area contributed by atoms with E-state index < -0.39 is 30.4 Å². The summed E-state index contributed by atoms with van der Waals surface area (Å²) in [5, 5.41) is 2.28. The van der Waals surface area contributed by atoms with Gasteiger partial charge in [-0.05, 0) is 69.1 Å². The Bertz CT molecular complexity index is 656. The summed E-state index contributed by atoms with van der Waals surface area (Å²) >= 11 is 0. The summed E-state index contributed by atoms with van der Waals surface area (Å²) in [5.41, 5.74) is 4.68. The first-order valence-corrected chi connectivity index (χ1v) is 10.4. The minimum absolute atomic E-state index is 0.129. The number of nitrogens with zero attached hydrogens (tertiary/aromatic N) is 1. The molecule has 1 heterocycles. The third kappa shape index (κ3) is 3.61. The van der Waals surface area contributed by atoms with Gasteiger partial charge in [0.1, 0.15) is 6.04 Å². The number of likely N-dealkylation sites (tertiary alicyclic amines) is 1. The standard InChI is InChI=1S/C20H29N3O5/c21-16(24)10-22-17(25)11-28-18(26)15-2-1-3-23(15)19(27)20-7-12-4-13(8-20)6-14(5-12)9-20/h12-15H,1-11H2,(H2,21,24)(H,22,25)/t12?,13?,14?,15-,20?/m0/s1. The van der Waals surface area contributed by atoms with E-state index in [1.807, 2.05) is 0 Å². The molecule has 5 rings (SSSR count). The summed E-state index contributed by atoms with van der Waals surface area (Å²) in [5.74, 6) is 0.340. The van der Waals surface area contributed by atoms with Crippen LogP contribution in [0, 0.1) is 23.2 Å². The van der Waals surface area contributed by atoms with E-state index in [0.717, 1.165) is 25.7 Å². The van der Waals surface area contributed by atoms with Crippen molar-refractivity contribution in [3.63, 3.8) is 0 Å². The van der Waals surface area contributed by atoms with Gasteiger partial charge in [-0.25, -0.2) is 4.79 Å². The average Bonchev–Trinajstić information content (AvgIpc) is 3.12. The molecule has 0 aromatic rings. The SMILES string of the molecule is NC(=O)CNC(=O)COC(=O)[C@@H]1CCCN1C(=O)C12CC3CC(CC(C3)C1)C2. The van der Waals surface area contributed by atoms with Crippen LogP contribution in [0.15, 0.2) is 0 Å². The highest BCUT2D eigenvalue weighted by molar-refractivity contribution is 5.90. The van der Waals surface area contributed by atoms with Gasteiger partial charge in [-0.1, -0.05) is 0 Å². The molecule has 154 valence electrons. The smallest absolute Gasteiger partial charge is 0.329 e. The Hall–Kier alpha value is -2.12. The number of nitrogens with one attached hydrogen (secondary N) is 1. The van der Waals surface area contributed by atoms with Gasteiger partial charge in [0.25, 0.3) is 5.91 Å². The highest BCUT2D eigenvalue weighted by atomic mass is 16.5. The number of amides is 3. The molecule has 0 unspecified atom stereocenters. The molecule has 4 aliphatic carbocycles. The van der Waals surface area contributed by atoms with Crippen molar-refractivity contribution >= 4 is 23.7 Å². The highest BCUT2D eigenvalue weighted by Crippen LogP contribution is 2.60. The van der Waals surface area contributed by atoms with Crippen LogP contribution in [0.25, 0.3) is 0 Å². The molecule has 3 amide bonds. The molecule has 3 N–H and O–H groups in total. The number of hydrogen-bond acceptors (Lipinski definition) is 5. The molecule has 1 atom stereocenters. The van der Waals surface area contributed by atoms with Crippen molar-refractivity contribution in [1.29, 1.82) is 0 Å². The van der Waals surface area contributed by atoms with Gasteiger partial charge in [0, 0.05) is 6.54 Å². The van der Waals surface area contributed by atoms with Gasteiger partial charge >= 0.3 is 5.97 Å². The van der Waals surface area contributed by atoms with Crippen molar-refractivity contribution < 1.29 is 23.9 Å². The molecule has 1 aliphatic heterocycles. The van der Waals surface area contributed by atoms with Gasteiger partial charge < -0.3 is 20.7 Å². The van der Waals surface area contributed by atoms with Gasteiger partial charge in [0.2, 0.25) is 11.8 Å². The topological polar surface area (TPSA) is 119 Å². The van der Waals surface area contributed by atoms with E-state index in [4.69, 9.17) is 10.5 Å². The molecule has 0 spiro atoms. The minimum Gasteiger partial charge on any atom is -0.454 e. The predicted molar refractivity (Wildman–Crippen MR) is 98.5 cm³/mol. The minimum atomic E-state index is -0.664. The second kappa shape index (κ2) is 7.37. The Kier molecular flexibility index (Phi) is 5.05. The van der Waals surface area contributed by atoms with E-state index in [1.54, 1.807) is 4.90 Å². The van der Waals surface area contributed by atoms with Crippen LogP contribution in [0.3, 0.4) is 0 Å². The summed E-state index contributed by atoms with van der Waals surface area (Å²) in [6.45, 7) is -0.188. The third-order valence-electron chi connectivity index (χ3n) is 7.08. The molecule has 4 saturated carbocycles. The number of primary amides is 1. The van der Waals surface area contributed by atoms with E-state index in [1.165, 1.54) is 19.3 Å². The van der Waals surface area contributed by atoms with E-state index in [9.17, 15) is 19.2 Å². The summed E-state index contributed by atoms with van der Waals surface area (Å²) in [7, 11) is 0. The lowest BCUT2D eigenvalue weighted by Gasteiger charge is -2.56. The maximum atomic E-state index is 13.5. The molecule has 8 nitrogen and oxygen atoms in total. The van der Waals surface area contributed by atoms with Gasteiger partial charge in [-0.2, -0.15) is 0 Å². The van der Waals surface area contributed by atoms with Crippen molar-refractivity contribution in [2.24, 2.45) is 28.9 Å². The van der Waals surface area contributed by atoms with Crippen LogP contribution in [0.1, 0.15) is 51.4 Å². The maximum absolute atomic E-state index is 13.5. The molecule has 8 heteroatoms. The van der Waals surface area contributed by atoms with Gasteiger partial charge in [-0.15, -0.1) is 0 Å². The number of nitrogens with two attached hydrogens (primary N) is 1. The molecule has 4 bridgehead atoms. The number of esters is 1. The number of carbonyl (C=O) groups excluding carboxylic acids is 4. The Morgan fingerprint density at radius 2 is 1.64 bits per heavy atom. The lowest BCUT2D eigenvalue weighted by atomic mass is 9.49. The first-order chi connectivity index (χ1) is 13.4. The molecule has 1 saturated heterocycles. The second-order valence-corrected chi connectivity index (χ2v) is 9.21. The fourth-order valence-corrected chi connectivity index (χ4v) is 6.40. The first kappa shape index (κ1) is 19.2. The van der Waals surface area contributed by atoms with Gasteiger partial charge in [0.15, 0.2) is 6.61 Å². The Morgan fingerprint density at radius 1 is 1.04 bits per heavy atom. The van der Waals surface area contributed by atoms with Crippen molar-refractivity contribution in [3.05, 3.63) is 0 Å². The van der Waals surface area contributed by atoms with Crippen molar-refractivity contribution in [3.8, 4) is 0 Å². The maximum Gasteiger partial charge on any atom is 0.329 e. The number of hydrogen-bond donors (Lipinski definition) is 2. The van der Waals surface area contributed by atoms with Crippen molar-refractivity contribution in [2.45, 2.75) is 57.4 Å². The van der Waals surface area contributed by atoms with Gasteiger partial charge in [-0.3, -0.25) is 14.4 Å². The Labute approximate surface area is 164 Å². The van der Waals surface area contributed by atoms with Crippen LogP contribution in [0.5, 0.6) is 0 Å². The third-order valence-corrected chi connectivity index (χ3v) is 7.08. The van der Waals surface area contributed by atoms with E-state index in [2.05, 4.69) is 5.32 Å². The van der Waals surface area contributed by atoms with Crippen LogP contribution in [0.2, 0.25) is 0 Å². The zero-order chi connectivity index (χ0) is 19.9. The van der Waals surface area contributed by atoms with Crippen molar-refractivity contribution in [2.75, 3.05) is 19.7 Å². The second-order valence-electron chi connectivity index (χ2n) is 9.21. The summed E-state index contributed by atoms with van der Waals surface area (Å²) in [6.07, 6.45) is 8.02. The Balaban J connectivity index is 1.37. The average molecular weight is 391 g/mol. The van der Waals surface area contributed by atoms with Crippen LogP contribution in [-0.4, -0.2) is 54.3 Å². The molecule has 0 radical (unpaired) electrons. The monoisotopic (exact) mass is 391 g/mol. The van der Waals surface area contributed by atoms with Crippen molar-refractivity contribution in [1.82, 2.24) is 10.2 Å². The number of ether oxygens (including phenoxy) is 1. The summed E-state index contributed by atoms with van der Waals surface area (Å²) in [6, 6.07) is -0.607. The van der Waals surface area contributed by atoms with E-state index in [-0.39, 0.29) is 17.9 Å². The highest BCUT2D eigenvalue weighted by Gasteiger charge is 2.56. The van der Waals surface area contributed by atoms with Crippen LogP contribution in [0.4, 0.5) is 0 Å². The molecule has 0 aromatic heterocycles. The van der Waals surface area contributed by atoms with Crippen LogP contribution < -0.4 is 11.1 Å². The lowest BCUT2D eigenvalue weighted by molar-refractivity contribution is -0.166. The fraction of sp³-hybridized carbons (Fsp3) is 0.800. The zero-order valence-corrected chi connectivity index (χ0v) is 16.2. The number of carbonyl (C=O) groups is 4. The molecule has 5 aliphatic rings. The van der Waals surface area contributed by atoms with E-state index >= 15 is 0 Å². The molecular weight excluding hydrogens is 362 g/mol. The molecule has 0 aromatic carbocycles. The molecule has 28 heavy (non-hydrogen) atoms. The molecule has 5 fully saturated rings. The first-order valence-electron chi connectivity index (χ1n) is 10.4. The fourth-order valence-electron chi connectivity index (χ4n) is 6.40. The van der Waals surface area contributed by atoms with Gasteiger partial charge in [0.05, 0.1) is 12.0 Å². The predicted octanol–water partition coefficient (Wildman–Crippen LogP) is 0.339. The summed E-state index contributed by atoms with van der Waals surface area (Å²) < 4.78 is 5.12. The summed E-state index contributed by atoms with van der Waals surface area (Å²) in [4.78, 5) is 50.1. The lowest BCUT2D eigenvalue weighted by Crippen LogP contribution is -2.56. The van der Waals surface area contributed by atoms with Crippen LogP contribution >= 0.6 is 0 Å². The number of rotatable bonds is 6. The molecular formula is C20H29N3O5. The van der Waals surface area contributed by atoms with E-state index in [0.29, 0.717) is 30.7 Å². The van der Waals surface area contributed by atoms with Crippen LogP contribution in [-0.2, 0) is 23.9 Å².